The molecular weight excluding hydrogens is 380 g/mol. The van der Waals surface area contributed by atoms with Crippen molar-refractivity contribution in [1.29, 1.82) is 5.26 Å². The molecule has 6 heteroatoms. The number of carbonyl (C=O) groups is 1. The fourth-order valence-corrected chi connectivity index (χ4v) is 3.51. The second-order valence-corrected chi connectivity index (χ2v) is 6.93. The molecule has 0 unspecified atom stereocenters. The minimum absolute atomic E-state index is 0.217. The van der Waals surface area contributed by atoms with Gasteiger partial charge in [-0.15, -0.1) is 0 Å². The third-order valence-electron chi connectivity index (χ3n) is 4.88. The molecule has 0 aliphatic carbocycles. The summed E-state index contributed by atoms with van der Waals surface area (Å²) in [6.07, 6.45) is 0.925. The lowest BCUT2D eigenvalue weighted by molar-refractivity contribution is 0.143. The van der Waals surface area contributed by atoms with Gasteiger partial charge < -0.3 is 9.84 Å². The van der Waals surface area contributed by atoms with Crippen LogP contribution >= 0.6 is 0 Å². The summed E-state index contributed by atoms with van der Waals surface area (Å²) in [5.74, 6) is -0.217. The van der Waals surface area contributed by atoms with E-state index in [-0.39, 0.29) is 5.75 Å². The van der Waals surface area contributed by atoms with Gasteiger partial charge >= 0.3 is 6.16 Å². The van der Waals surface area contributed by atoms with Gasteiger partial charge in [-0.2, -0.15) is 5.26 Å². The van der Waals surface area contributed by atoms with Gasteiger partial charge in [0.05, 0.1) is 17.3 Å². The molecule has 0 aliphatic rings. The predicted octanol–water partition coefficient (Wildman–Crippen LogP) is 5.08. The van der Waals surface area contributed by atoms with Crippen molar-refractivity contribution in [2.24, 2.45) is 0 Å². The SMILES string of the molecule is CCCCc1cc(C)c(OC(=O)O)c(=O)n1-c1ccccc1-c1ccccc1C#N. The Bertz CT molecular complexity index is 1190. The highest BCUT2D eigenvalue weighted by Gasteiger charge is 2.20. The number of hydrogen-bond acceptors (Lipinski definition) is 4. The lowest BCUT2D eigenvalue weighted by Gasteiger charge is -2.19. The molecule has 30 heavy (non-hydrogen) atoms. The molecule has 0 fully saturated rings. The summed E-state index contributed by atoms with van der Waals surface area (Å²) in [5.41, 5.74) is 3.17. The van der Waals surface area contributed by atoms with E-state index in [1.807, 2.05) is 24.3 Å². The van der Waals surface area contributed by atoms with Crippen LogP contribution in [0, 0.1) is 18.3 Å². The number of nitrogens with zero attached hydrogens (tertiary/aromatic N) is 2. The Kier molecular flexibility index (Phi) is 6.33. The topological polar surface area (TPSA) is 92.3 Å². The van der Waals surface area contributed by atoms with E-state index in [1.165, 1.54) is 4.57 Å². The summed E-state index contributed by atoms with van der Waals surface area (Å²) in [6, 6.07) is 18.4. The van der Waals surface area contributed by atoms with Gasteiger partial charge in [0.25, 0.3) is 5.56 Å². The smallest absolute Gasteiger partial charge is 0.449 e. The highest BCUT2D eigenvalue weighted by Crippen LogP contribution is 2.30. The first-order chi connectivity index (χ1) is 14.5. The van der Waals surface area contributed by atoms with Crippen LogP contribution in [0.2, 0.25) is 0 Å². The molecule has 2 aromatic carbocycles. The van der Waals surface area contributed by atoms with E-state index in [0.29, 0.717) is 34.4 Å². The number of pyridine rings is 1. The fraction of sp³-hybridized carbons (Fsp3) is 0.208. The number of rotatable bonds is 6. The average Bonchev–Trinajstić information content (AvgIpc) is 2.75. The molecule has 0 atom stereocenters. The molecule has 152 valence electrons. The Labute approximate surface area is 174 Å². The van der Waals surface area contributed by atoms with E-state index in [0.717, 1.165) is 18.5 Å². The van der Waals surface area contributed by atoms with Gasteiger partial charge in [-0.1, -0.05) is 49.7 Å². The maximum atomic E-state index is 13.4. The van der Waals surface area contributed by atoms with E-state index in [1.54, 1.807) is 37.3 Å². The van der Waals surface area contributed by atoms with Gasteiger partial charge in [0.1, 0.15) is 0 Å². The Hall–Kier alpha value is -3.85. The molecule has 1 aromatic heterocycles. The Morgan fingerprint density at radius 2 is 1.80 bits per heavy atom. The largest absolute Gasteiger partial charge is 0.511 e. The van der Waals surface area contributed by atoms with Crippen LogP contribution in [0.25, 0.3) is 16.8 Å². The predicted molar refractivity (Wildman–Crippen MR) is 114 cm³/mol. The van der Waals surface area contributed by atoms with Crippen LogP contribution in [0.3, 0.4) is 0 Å². The molecular formula is C24H22N2O4. The molecule has 3 aromatic rings. The van der Waals surface area contributed by atoms with E-state index in [9.17, 15) is 14.9 Å². The van der Waals surface area contributed by atoms with Crippen LogP contribution in [-0.4, -0.2) is 15.8 Å². The summed E-state index contributed by atoms with van der Waals surface area (Å²) in [4.78, 5) is 24.5. The summed E-state index contributed by atoms with van der Waals surface area (Å²) >= 11 is 0. The van der Waals surface area contributed by atoms with E-state index < -0.39 is 11.7 Å². The highest BCUT2D eigenvalue weighted by atomic mass is 16.7. The maximum absolute atomic E-state index is 13.4. The summed E-state index contributed by atoms with van der Waals surface area (Å²) in [7, 11) is 0. The van der Waals surface area contributed by atoms with Crippen LogP contribution < -0.4 is 10.3 Å². The van der Waals surface area contributed by atoms with Gasteiger partial charge in [-0.25, -0.2) is 4.79 Å². The number of nitriles is 1. The van der Waals surface area contributed by atoms with Crippen molar-refractivity contribution in [3.63, 3.8) is 0 Å². The Morgan fingerprint density at radius 1 is 1.13 bits per heavy atom. The summed E-state index contributed by atoms with van der Waals surface area (Å²) < 4.78 is 6.32. The number of unbranched alkanes of at least 4 members (excludes halogenated alkanes) is 1. The van der Waals surface area contributed by atoms with Crippen molar-refractivity contribution < 1.29 is 14.6 Å². The molecule has 1 N–H and O–H groups in total. The molecule has 0 spiro atoms. The minimum Gasteiger partial charge on any atom is -0.449 e. The van der Waals surface area contributed by atoms with Crippen LogP contribution in [0.15, 0.2) is 59.4 Å². The maximum Gasteiger partial charge on any atom is 0.511 e. The van der Waals surface area contributed by atoms with E-state index in [2.05, 4.69) is 13.0 Å². The molecule has 6 nitrogen and oxygen atoms in total. The van der Waals surface area contributed by atoms with E-state index >= 15 is 0 Å². The summed E-state index contributed by atoms with van der Waals surface area (Å²) in [5, 5.41) is 18.6. The van der Waals surface area contributed by atoms with Crippen molar-refractivity contribution in [1.82, 2.24) is 4.57 Å². The fourth-order valence-electron chi connectivity index (χ4n) is 3.51. The zero-order chi connectivity index (χ0) is 21.7. The molecule has 0 radical (unpaired) electrons. The number of aromatic nitrogens is 1. The van der Waals surface area contributed by atoms with Crippen LogP contribution in [0.5, 0.6) is 5.75 Å². The molecule has 0 saturated heterocycles. The minimum atomic E-state index is -1.54. The monoisotopic (exact) mass is 402 g/mol. The first-order valence-corrected chi connectivity index (χ1v) is 9.73. The average molecular weight is 402 g/mol. The van der Waals surface area contributed by atoms with Crippen LogP contribution in [0.4, 0.5) is 4.79 Å². The number of aryl methyl sites for hydroxylation is 2. The van der Waals surface area contributed by atoms with Gasteiger partial charge in [-0.3, -0.25) is 9.36 Å². The molecule has 0 bridgehead atoms. The third kappa shape index (κ3) is 4.11. The number of ether oxygens (including phenoxy) is 1. The molecule has 0 saturated carbocycles. The van der Waals surface area contributed by atoms with Gasteiger partial charge in [-0.05, 0) is 43.5 Å². The van der Waals surface area contributed by atoms with E-state index in [4.69, 9.17) is 9.84 Å². The standard InChI is InChI=1S/C24H22N2O4/c1-3-4-10-18-14-16(2)22(30-24(28)29)23(27)26(18)21-13-8-7-12-20(21)19-11-6-5-9-17(19)15-25/h5-9,11-14H,3-4,10H2,1-2H3,(H,28,29). The number of hydrogen-bond donors (Lipinski definition) is 1. The number of benzene rings is 2. The second-order valence-electron chi connectivity index (χ2n) is 6.93. The van der Waals surface area contributed by atoms with Crippen LogP contribution in [0.1, 0.15) is 36.6 Å². The summed E-state index contributed by atoms with van der Waals surface area (Å²) in [6.45, 7) is 3.73. The number of carboxylic acid groups (broad SMARTS) is 1. The van der Waals surface area contributed by atoms with Gasteiger partial charge in [0, 0.05) is 16.8 Å². The lowest BCUT2D eigenvalue weighted by atomic mass is 9.98. The first kappa shape index (κ1) is 20.9. The lowest BCUT2D eigenvalue weighted by Crippen LogP contribution is -2.26. The molecule has 0 amide bonds. The Morgan fingerprint density at radius 3 is 2.47 bits per heavy atom. The zero-order valence-corrected chi connectivity index (χ0v) is 16.9. The molecule has 1 heterocycles. The zero-order valence-electron chi connectivity index (χ0n) is 16.9. The molecule has 0 aliphatic heterocycles. The van der Waals surface area contributed by atoms with Gasteiger partial charge in [0.2, 0.25) is 5.75 Å². The van der Waals surface area contributed by atoms with Crippen molar-refractivity contribution in [3.05, 3.63) is 81.8 Å². The first-order valence-electron chi connectivity index (χ1n) is 9.73. The Balaban J connectivity index is 2.34. The van der Waals surface area contributed by atoms with Crippen molar-refractivity contribution in [3.8, 4) is 28.6 Å². The van der Waals surface area contributed by atoms with Crippen molar-refractivity contribution in [2.45, 2.75) is 33.1 Å². The van der Waals surface area contributed by atoms with Crippen LogP contribution in [-0.2, 0) is 6.42 Å². The highest BCUT2D eigenvalue weighted by molar-refractivity contribution is 5.78. The van der Waals surface area contributed by atoms with Gasteiger partial charge in [0.15, 0.2) is 0 Å². The van der Waals surface area contributed by atoms with Crippen molar-refractivity contribution >= 4 is 6.16 Å². The normalized spacial score (nSPS) is 10.4. The molecule has 3 rings (SSSR count). The number of para-hydroxylation sites is 1. The second kappa shape index (κ2) is 9.10. The third-order valence-corrected chi connectivity index (χ3v) is 4.88. The van der Waals surface area contributed by atoms with Crippen molar-refractivity contribution in [2.75, 3.05) is 0 Å². The quantitative estimate of drug-likeness (QED) is 0.580.